The summed E-state index contributed by atoms with van der Waals surface area (Å²) in [4.78, 5) is 5.27. The molecule has 0 amide bonds. The number of benzene rings is 6. The van der Waals surface area contributed by atoms with Crippen LogP contribution in [0, 0.1) is 5.41 Å². The van der Waals surface area contributed by atoms with Crippen LogP contribution in [0.15, 0.2) is 151 Å². The van der Waals surface area contributed by atoms with E-state index in [0.717, 1.165) is 6.42 Å². The zero-order valence-electron chi connectivity index (χ0n) is 42.5. The van der Waals surface area contributed by atoms with Crippen molar-refractivity contribution in [1.82, 2.24) is 4.57 Å². The lowest BCUT2D eigenvalue weighted by Crippen LogP contribution is -2.60. The van der Waals surface area contributed by atoms with Crippen LogP contribution >= 0.6 is 0 Å². The van der Waals surface area contributed by atoms with Gasteiger partial charge < -0.3 is 14.4 Å². The van der Waals surface area contributed by atoms with E-state index in [1.165, 1.54) is 106 Å². The van der Waals surface area contributed by atoms with E-state index in [1.54, 1.807) is 0 Å². The van der Waals surface area contributed by atoms with E-state index in [1.807, 2.05) is 0 Å². The zero-order valence-corrected chi connectivity index (χ0v) is 42.5. The smallest absolute Gasteiger partial charge is 0.248 e. The lowest BCUT2D eigenvalue weighted by Gasteiger charge is -2.49. The molecule has 0 N–H and O–H groups in total. The third-order valence-electron chi connectivity index (χ3n) is 15.9. The molecule has 2 aliphatic carbocycles. The van der Waals surface area contributed by atoms with Gasteiger partial charge in [0.15, 0.2) is 0 Å². The van der Waals surface area contributed by atoms with Gasteiger partial charge in [0, 0.05) is 50.5 Å². The van der Waals surface area contributed by atoms with Crippen molar-refractivity contribution in [3.63, 3.8) is 0 Å². The first-order valence-corrected chi connectivity index (χ1v) is 24.8. The van der Waals surface area contributed by atoms with Crippen molar-refractivity contribution >= 4 is 57.1 Å². The molecule has 0 fully saturated rings. The summed E-state index contributed by atoms with van der Waals surface area (Å²) in [6.45, 7) is 32.9. The Kier molecular flexibility index (Phi) is 9.43. The summed E-state index contributed by atoms with van der Waals surface area (Å²) in [7, 11) is 0. The van der Waals surface area contributed by atoms with Gasteiger partial charge >= 0.3 is 0 Å². The molecular weight excluding hydrogens is 810 g/mol. The van der Waals surface area contributed by atoms with Crippen molar-refractivity contribution in [3.8, 4) is 16.8 Å². The maximum absolute atomic E-state index is 2.71. The number of hydrogen-bond donors (Lipinski definition) is 0. The molecule has 0 spiro atoms. The van der Waals surface area contributed by atoms with Crippen molar-refractivity contribution in [2.24, 2.45) is 5.41 Å². The van der Waals surface area contributed by atoms with Gasteiger partial charge in [-0.3, -0.25) is 0 Å². The zero-order chi connectivity index (χ0) is 47.3. The van der Waals surface area contributed by atoms with Gasteiger partial charge in [0.25, 0.3) is 0 Å². The van der Waals surface area contributed by atoms with Crippen LogP contribution < -0.4 is 20.9 Å². The van der Waals surface area contributed by atoms with Gasteiger partial charge in [-0.1, -0.05) is 175 Å². The Morgan fingerprint density at radius 1 is 0.507 bits per heavy atom. The fourth-order valence-corrected chi connectivity index (χ4v) is 12.0. The van der Waals surface area contributed by atoms with Crippen LogP contribution in [0.2, 0.25) is 5.82 Å². The molecule has 4 aliphatic rings. The number of rotatable bonds is 3. The quantitative estimate of drug-likeness (QED) is 0.164. The topological polar surface area (TPSA) is 11.4 Å². The average molecular weight is 878 g/mol. The molecule has 1 atom stereocenters. The first-order chi connectivity index (χ1) is 31.5. The molecule has 0 bridgehead atoms. The van der Waals surface area contributed by atoms with Crippen molar-refractivity contribution in [2.45, 2.75) is 131 Å². The molecular formula is C63H68BN3. The molecule has 338 valence electrons. The molecule has 1 aromatic heterocycles. The predicted molar refractivity (Wildman–Crippen MR) is 289 cm³/mol. The average Bonchev–Trinajstić information content (AvgIpc) is 3.72. The Labute approximate surface area is 401 Å². The van der Waals surface area contributed by atoms with Crippen LogP contribution in [0.5, 0.6) is 0 Å². The van der Waals surface area contributed by atoms with Gasteiger partial charge in [0.1, 0.15) is 0 Å². The number of fused-ring (bicyclic) bond motifs is 9. The minimum Gasteiger partial charge on any atom is -0.320 e. The van der Waals surface area contributed by atoms with E-state index >= 15 is 0 Å². The Bertz CT molecular complexity index is 3200. The van der Waals surface area contributed by atoms with Crippen molar-refractivity contribution in [2.75, 3.05) is 9.80 Å². The van der Waals surface area contributed by atoms with Gasteiger partial charge in [0.05, 0.1) is 11.2 Å². The van der Waals surface area contributed by atoms with E-state index in [0.29, 0.717) is 0 Å². The Morgan fingerprint density at radius 3 is 1.58 bits per heavy atom. The van der Waals surface area contributed by atoms with Crippen molar-refractivity contribution in [3.05, 3.63) is 179 Å². The Balaban J connectivity index is 1.28. The first kappa shape index (κ1) is 43.6. The molecule has 1 unspecified atom stereocenters. The van der Waals surface area contributed by atoms with Crippen LogP contribution in [0.4, 0.5) is 28.4 Å². The minimum atomic E-state index is -0.149. The molecule has 6 aromatic carbocycles. The fraction of sp³-hybridized carbons (Fsp3) is 0.333. The number of nitrogens with zero attached hydrogens (tertiary/aromatic N) is 3. The van der Waals surface area contributed by atoms with Crippen LogP contribution in [0.1, 0.15) is 131 Å². The predicted octanol–water partition coefficient (Wildman–Crippen LogP) is 16.0. The van der Waals surface area contributed by atoms with E-state index in [2.05, 4.69) is 251 Å². The van der Waals surface area contributed by atoms with E-state index < -0.39 is 0 Å². The van der Waals surface area contributed by atoms with Gasteiger partial charge in [-0.15, -0.1) is 0 Å². The summed E-state index contributed by atoms with van der Waals surface area (Å²) in [6, 6.07) is 49.9. The largest absolute Gasteiger partial charge is 0.320 e. The SMILES string of the molecule is CC(C)(C)C1=CC=C2C(C1)B1c3c(cccc3N(c3ccc(C(C)(C)C)cc3)c3c1n(-c1ccc(C(C)(C)C)cc1)c1cc4c(cc31)-c1ccccc1C4(C)C)N2c1ccc(C(C)(C)C)cc1. The molecule has 0 saturated carbocycles. The summed E-state index contributed by atoms with van der Waals surface area (Å²) in [5.74, 6) is 0.181. The second-order valence-electron chi connectivity index (χ2n) is 24.7. The van der Waals surface area contributed by atoms with Crippen LogP contribution in [-0.4, -0.2) is 11.3 Å². The highest BCUT2D eigenvalue weighted by Crippen LogP contribution is 2.56. The summed E-state index contributed by atoms with van der Waals surface area (Å²) in [5, 5.41) is 1.30. The standard InChI is InChI=1S/C63H68BN3/c1-59(2,3)39-22-29-43(30-23-39)65-52-35-28-42(62(10,11)12)36-51(52)64-56-53(65)20-17-21-54(56)66(44-31-24-40(25-32-44)60(4,5)6)57-48-37-47-46-18-15-16-19-49(46)63(13,14)50(47)38-55(48)67(58(57)64)45-33-26-41(27-34-45)61(7,8)9/h15-35,37-38,51H,36H2,1-14H3. The highest BCUT2D eigenvalue weighted by molar-refractivity contribution is 6.91. The lowest BCUT2D eigenvalue weighted by molar-refractivity contribution is 0.478. The highest BCUT2D eigenvalue weighted by Gasteiger charge is 2.52. The highest BCUT2D eigenvalue weighted by atomic mass is 15.2. The van der Waals surface area contributed by atoms with Gasteiger partial charge in [0.2, 0.25) is 6.71 Å². The van der Waals surface area contributed by atoms with Gasteiger partial charge in [-0.05, 0) is 145 Å². The molecule has 2 aliphatic heterocycles. The van der Waals surface area contributed by atoms with Crippen LogP contribution in [0.3, 0.4) is 0 Å². The van der Waals surface area contributed by atoms with E-state index in [-0.39, 0.29) is 39.6 Å². The number of allylic oxidation sites excluding steroid dienone is 4. The van der Waals surface area contributed by atoms with E-state index in [4.69, 9.17) is 0 Å². The summed E-state index contributed by atoms with van der Waals surface area (Å²) in [6.07, 6.45) is 5.92. The Morgan fingerprint density at radius 2 is 1.03 bits per heavy atom. The third-order valence-corrected chi connectivity index (χ3v) is 15.9. The fourth-order valence-electron chi connectivity index (χ4n) is 12.0. The number of anilines is 5. The van der Waals surface area contributed by atoms with Gasteiger partial charge in [-0.25, -0.2) is 0 Å². The summed E-state index contributed by atoms with van der Waals surface area (Å²) in [5.41, 5.74) is 23.9. The molecule has 0 radical (unpaired) electrons. The minimum absolute atomic E-state index is 0.0224. The lowest BCUT2D eigenvalue weighted by atomic mass is 9.30. The second-order valence-corrected chi connectivity index (χ2v) is 24.7. The molecule has 11 rings (SSSR count). The first-order valence-electron chi connectivity index (χ1n) is 24.8. The Hall–Kier alpha value is -6.00. The molecule has 0 saturated heterocycles. The number of hydrogen-bond acceptors (Lipinski definition) is 2. The molecule has 3 heterocycles. The maximum atomic E-state index is 2.71. The monoisotopic (exact) mass is 878 g/mol. The molecule has 4 heteroatoms. The van der Waals surface area contributed by atoms with Gasteiger partial charge in [-0.2, -0.15) is 0 Å². The molecule has 67 heavy (non-hydrogen) atoms. The maximum Gasteiger partial charge on any atom is 0.248 e. The van der Waals surface area contributed by atoms with Crippen molar-refractivity contribution in [1.29, 1.82) is 0 Å². The van der Waals surface area contributed by atoms with E-state index in [9.17, 15) is 0 Å². The van der Waals surface area contributed by atoms with Crippen LogP contribution in [0.25, 0.3) is 27.7 Å². The van der Waals surface area contributed by atoms with Crippen LogP contribution in [-0.2, 0) is 21.7 Å². The summed E-state index contributed by atoms with van der Waals surface area (Å²) < 4.78 is 2.71. The second kappa shape index (κ2) is 14.5. The number of aromatic nitrogens is 1. The summed E-state index contributed by atoms with van der Waals surface area (Å²) >= 11 is 0. The molecule has 7 aromatic rings. The normalized spacial score (nSPS) is 17.4. The third kappa shape index (κ3) is 6.67. The van der Waals surface area contributed by atoms with Crippen molar-refractivity contribution < 1.29 is 0 Å². The molecule has 3 nitrogen and oxygen atoms in total.